The normalized spacial score (nSPS) is 13.6. The van der Waals surface area contributed by atoms with Crippen LogP contribution >= 0.6 is 11.3 Å². The number of halogens is 3. The smallest absolute Gasteiger partial charge is 0.374 e. The van der Waals surface area contributed by atoms with Gasteiger partial charge in [-0.1, -0.05) is 59.9 Å². The van der Waals surface area contributed by atoms with E-state index in [0.717, 1.165) is 39.3 Å². The summed E-state index contributed by atoms with van der Waals surface area (Å²) in [5.41, 5.74) is 9.17. The minimum Gasteiger partial charge on any atom is -0.374 e. The minimum absolute atomic E-state index is 0.00988. The second-order valence-corrected chi connectivity index (χ2v) is 11.2. The summed E-state index contributed by atoms with van der Waals surface area (Å²) >= 11 is 1.15. The predicted molar refractivity (Wildman–Crippen MR) is 157 cm³/mol. The minimum atomic E-state index is -4.72. The molecular formula is C30H26F3N7OS. The maximum absolute atomic E-state index is 14.1. The molecule has 2 aromatic heterocycles. The molecule has 42 heavy (non-hydrogen) atoms. The van der Waals surface area contributed by atoms with E-state index in [9.17, 15) is 18.0 Å². The number of hydrogen-bond acceptors (Lipinski definition) is 7. The Morgan fingerprint density at radius 3 is 2.40 bits per heavy atom. The number of carbonyl (C=O) groups excluding carboxylic acids is 1. The number of hydrogen-bond donors (Lipinski definition) is 1. The number of nitrogen functional groups attached to an aromatic ring is 1. The summed E-state index contributed by atoms with van der Waals surface area (Å²) in [7, 11) is 4.01. The molecule has 0 spiro atoms. The van der Waals surface area contributed by atoms with Crippen LogP contribution in [0.2, 0.25) is 0 Å². The van der Waals surface area contributed by atoms with Crippen molar-refractivity contribution in [3.63, 3.8) is 0 Å². The van der Waals surface area contributed by atoms with Gasteiger partial charge in [-0.3, -0.25) is 4.79 Å². The lowest BCUT2D eigenvalue weighted by Gasteiger charge is -2.28. The Morgan fingerprint density at radius 2 is 1.71 bits per heavy atom. The predicted octanol–water partition coefficient (Wildman–Crippen LogP) is 5.92. The van der Waals surface area contributed by atoms with Crippen molar-refractivity contribution >= 4 is 28.1 Å². The Hall–Kier alpha value is -4.55. The number of alkyl halides is 3. The Morgan fingerprint density at radius 1 is 0.952 bits per heavy atom. The van der Waals surface area contributed by atoms with Gasteiger partial charge in [-0.05, 0) is 61.5 Å². The number of nitrogens with zero attached hydrogens (tertiary/aromatic N) is 6. The van der Waals surface area contributed by atoms with E-state index in [1.54, 1.807) is 24.3 Å². The molecule has 0 fully saturated rings. The molecule has 214 valence electrons. The second-order valence-electron chi connectivity index (χ2n) is 10.2. The van der Waals surface area contributed by atoms with E-state index in [4.69, 9.17) is 5.73 Å². The van der Waals surface area contributed by atoms with Crippen LogP contribution in [-0.4, -0.2) is 51.4 Å². The van der Waals surface area contributed by atoms with Gasteiger partial charge in [-0.25, -0.2) is 4.68 Å². The zero-order valence-electron chi connectivity index (χ0n) is 22.8. The summed E-state index contributed by atoms with van der Waals surface area (Å²) < 4.78 is 43.3. The van der Waals surface area contributed by atoms with Gasteiger partial charge >= 0.3 is 6.18 Å². The average Bonchev–Trinajstić information content (AvgIpc) is 3.58. The summed E-state index contributed by atoms with van der Waals surface area (Å²) in [6.45, 7) is 0.867. The molecule has 1 aliphatic rings. The highest BCUT2D eigenvalue weighted by atomic mass is 32.1. The van der Waals surface area contributed by atoms with Crippen LogP contribution in [0.25, 0.3) is 27.4 Å². The lowest BCUT2D eigenvalue weighted by Crippen LogP contribution is -2.39. The van der Waals surface area contributed by atoms with E-state index in [0.29, 0.717) is 21.9 Å². The van der Waals surface area contributed by atoms with Crippen molar-refractivity contribution in [2.45, 2.75) is 19.1 Å². The Kier molecular flexibility index (Phi) is 7.03. The molecule has 0 saturated heterocycles. The van der Waals surface area contributed by atoms with Crippen molar-refractivity contribution < 1.29 is 18.0 Å². The molecule has 2 N–H and O–H groups in total. The summed E-state index contributed by atoms with van der Waals surface area (Å²) in [4.78, 5) is 17.5. The monoisotopic (exact) mass is 589 g/mol. The van der Waals surface area contributed by atoms with Crippen molar-refractivity contribution in [1.29, 1.82) is 0 Å². The topological polar surface area (TPSA) is 93.2 Å². The zero-order chi connectivity index (χ0) is 29.6. The fourth-order valence-electron chi connectivity index (χ4n) is 5.24. The van der Waals surface area contributed by atoms with Crippen molar-refractivity contribution in [2.24, 2.45) is 0 Å². The van der Waals surface area contributed by atoms with Gasteiger partial charge in [-0.15, -0.1) is 10.2 Å². The van der Waals surface area contributed by atoms with Gasteiger partial charge in [0.05, 0.1) is 5.69 Å². The zero-order valence-corrected chi connectivity index (χ0v) is 23.6. The van der Waals surface area contributed by atoms with Gasteiger partial charge in [0, 0.05) is 29.9 Å². The van der Waals surface area contributed by atoms with Crippen LogP contribution in [0.4, 0.5) is 24.0 Å². The molecule has 0 saturated carbocycles. The quantitative estimate of drug-likeness (QED) is 0.264. The summed E-state index contributed by atoms with van der Waals surface area (Å²) in [6, 6.07) is 22.3. The van der Waals surface area contributed by atoms with Gasteiger partial charge in [0.2, 0.25) is 5.13 Å². The maximum atomic E-state index is 14.1. The summed E-state index contributed by atoms with van der Waals surface area (Å²) in [5.74, 6) is -0.550. The Balaban J connectivity index is 1.38. The molecule has 0 atom stereocenters. The van der Waals surface area contributed by atoms with Crippen LogP contribution in [0.3, 0.4) is 0 Å². The van der Waals surface area contributed by atoms with Crippen molar-refractivity contribution in [2.75, 3.05) is 31.3 Å². The lowest BCUT2D eigenvalue weighted by molar-refractivity contribution is -0.141. The highest BCUT2D eigenvalue weighted by Crippen LogP contribution is 2.38. The van der Waals surface area contributed by atoms with Crippen LogP contribution in [0.5, 0.6) is 0 Å². The summed E-state index contributed by atoms with van der Waals surface area (Å²) in [6.07, 6.45) is -4.71. The standard InChI is InChI=1S/C30H26F3N7OS/c1-38(2)17-20-6-3-4-9-23(20)18-10-12-21(13-11-18)39-15-14-24-25(28(39)41)40(37-26(24)30(31,32)33)22-8-5-7-19(16-22)27-35-36-29(34)42-27/h3-13,16H,14-15,17H2,1-2H3,(H2,34,36). The molecule has 1 aliphatic heterocycles. The van der Waals surface area contributed by atoms with Crippen molar-refractivity contribution in [1.82, 2.24) is 24.9 Å². The van der Waals surface area contributed by atoms with Crippen LogP contribution in [0.1, 0.15) is 27.3 Å². The van der Waals surface area contributed by atoms with Crippen LogP contribution in [-0.2, 0) is 19.1 Å². The van der Waals surface area contributed by atoms with E-state index in [1.807, 2.05) is 56.6 Å². The van der Waals surface area contributed by atoms with Gasteiger partial charge in [0.1, 0.15) is 10.7 Å². The van der Waals surface area contributed by atoms with Crippen molar-refractivity contribution in [3.8, 4) is 27.4 Å². The number of aromatic nitrogens is 4. The molecule has 0 unspecified atom stereocenters. The van der Waals surface area contributed by atoms with Crippen LogP contribution in [0.15, 0.2) is 72.8 Å². The number of fused-ring (bicyclic) bond motifs is 1. The first-order chi connectivity index (χ1) is 20.1. The van der Waals surface area contributed by atoms with E-state index in [2.05, 4.69) is 26.3 Å². The molecule has 3 aromatic carbocycles. The molecule has 0 aliphatic carbocycles. The number of nitrogens with two attached hydrogens (primary N) is 1. The van der Waals surface area contributed by atoms with Crippen molar-refractivity contribution in [3.05, 3.63) is 95.3 Å². The highest BCUT2D eigenvalue weighted by Gasteiger charge is 2.43. The van der Waals surface area contributed by atoms with Crippen LogP contribution < -0.4 is 10.6 Å². The number of carbonyl (C=O) groups is 1. The van der Waals surface area contributed by atoms with E-state index < -0.39 is 17.8 Å². The van der Waals surface area contributed by atoms with Gasteiger partial charge in [-0.2, -0.15) is 18.3 Å². The Labute approximate surface area is 243 Å². The highest BCUT2D eigenvalue weighted by molar-refractivity contribution is 7.18. The third-order valence-corrected chi connectivity index (χ3v) is 7.86. The molecular weight excluding hydrogens is 563 g/mol. The molecule has 12 heteroatoms. The summed E-state index contributed by atoms with van der Waals surface area (Å²) in [5, 5.41) is 12.5. The number of rotatable bonds is 6. The van der Waals surface area contributed by atoms with E-state index >= 15 is 0 Å². The number of anilines is 2. The molecule has 0 bridgehead atoms. The van der Waals surface area contributed by atoms with Gasteiger partial charge < -0.3 is 15.5 Å². The first-order valence-corrected chi connectivity index (χ1v) is 14.0. The molecule has 3 heterocycles. The fraction of sp³-hybridized carbons (Fsp3) is 0.200. The number of benzene rings is 3. The van der Waals surface area contributed by atoms with E-state index in [-0.39, 0.29) is 29.4 Å². The molecule has 6 rings (SSSR count). The van der Waals surface area contributed by atoms with E-state index in [1.165, 1.54) is 4.90 Å². The fourth-order valence-corrected chi connectivity index (χ4v) is 5.85. The SMILES string of the molecule is CN(C)Cc1ccccc1-c1ccc(N2CCc3c(C(F)(F)F)nn(-c4cccc(-c5nnc(N)s5)c4)c3C2=O)cc1. The Bertz CT molecular complexity index is 1780. The first-order valence-electron chi connectivity index (χ1n) is 13.1. The molecule has 8 nitrogen and oxygen atoms in total. The third-order valence-electron chi connectivity index (χ3n) is 7.06. The molecule has 0 radical (unpaired) electrons. The maximum Gasteiger partial charge on any atom is 0.435 e. The van der Waals surface area contributed by atoms with Gasteiger partial charge in [0.25, 0.3) is 5.91 Å². The van der Waals surface area contributed by atoms with Gasteiger partial charge in [0.15, 0.2) is 5.69 Å². The van der Waals surface area contributed by atoms with Crippen LogP contribution in [0, 0.1) is 0 Å². The molecule has 5 aromatic rings. The largest absolute Gasteiger partial charge is 0.435 e. The lowest BCUT2D eigenvalue weighted by atomic mass is 9.98. The number of amides is 1. The first kappa shape index (κ1) is 27.6. The second kappa shape index (κ2) is 10.7. The third kappa shape index (κ3) is 5.14. The average molecular weight is 590 g/mol. The molecule has 1 amide bonds.